The molecule has 0 saturated carbocycles. The molecule has 112 valence electrons. The maximum Gasteiger partial charge on any atom is 0.331 e. The average Bonchev–Trinajstić information content (AvgIpc) is 2.38. The molecule has 4 N–H and O–H groups in total. The Balaban J connectivity index is 0.00000110. The number of carbonyl (C=O) groups is 2. The molecule has 6 nitrogen and oxygen atoms in total. The van der Waals surface area contributed by atoms with Crippen molar-refractivity contribution in [2.24, 2.45) is 5.84 Å². The zero-order chi connectivity index (χ0) is 15.8. The Bertz CT molecular complexity index is 424. The lowest BCUT2D eigenvalue weighted by Crippen LogP contribution is -2.42. The summed E-state index contributed by atoms with van der Waals surface area (Å²) in [6, 6.07) is 7.87. The number of rotatable bonds is 2. The van der Waals surface area contributed by atoms with E-state index in [0.717, 1.165) is 10.6 Å². The number of nitrogens with one attached hydrogen (secondary N) is 1. The van der Waals surface area contributed by atoms with Crippen LogP contribution in [0.2, 0.25) is 0 Å². The summed E-state index contributed by atoms with van der Waals surface area (Å²) in [5.74, 6) is 5.60. The van der Waals surface area contributed by atoms with E-state index >= 15 is 0 Å². The summed E-state index contributed by atoms with van der Waals surface area (Å²) >= 11 is 0. The third kappa shape index (κ3) is 6.19. The summed E-state index contributed by atoms with van der Waals surface area (Å²) in [7, 11) is 1.56. The van der Waals surface area contributed by atoms with Gasteiger partial charge in [0.05, 0.1) is 6.54 Å². The van der Waals surface area contributed by atoms with Crippen molar-refractivity contribution in [3.8, 4) is 0 Å². The summed E-state index contributed by atoms with van der Waals surface area (Å²) in [6.45, 7) is 6.66. The van der Waals surface area contributed by atoms with Gasteiger partial charge in [-0.15, -0.1) is 0 Å². The van der Waals surface area contributed by atoms with Crippen LogP contribution in [0.15, 0.2) is 24.3 Å². The van der Waals surface area contributed by atoms with E-state index in [1.54, 1.807) is 7.05 Å². The molecule has 0 fully saturated rings. The van der Waals surface area contributed by atoms with Crippen molar-refractivity contribution in [1.82, 2.24) is 10.3 Å². The molecule has 1 rings (SSSR count). The molecule has 0 unspecified atom stereocenters. The number of hydrazine groups is 1. The van der Waals surface area contributed by atoms with Crippen molar-refractivity contribution in [2.45, 2.75) is 32.7 Å². The smallest absolute Gasteiger partial charge is 0.331 e. The normalized spacial score (nSPS) is 10.1. The van der Waals surface area contributed by atoms with Crippen LogP contribution in [-0.2, 0) is 16.8 Å². The van der Waals surface area contributed by atoms with Crippen LogP contribution in [0.4, 0.5) is 4.79 Å². The van der Waals surface area contributed by atoms with Crippen LogP contribution >= 0.6 is 0 Å². The van der Waals surface area contributed by atoms with Crippen LogP contribution in [0.1, 0.15) is 31.9 Å². The summed E-state index contributed by atoms with van der Waals surface area (Å²) in [4.78, 5) is 19.6. The third-order valence-electron chi connectivity index (χ3n) is 2.65. The second kappa shape index (κ2) is 8.16. The van der Waals surface area contributed by atoms with E-state index in [4.69, 9.17) is 15.7 Å². The molecular formula is C14H23N3O3. The van der Waals surface area contributed by atoms with Gasteiger partial charge in [0.15, 0.2) is 0 Å². The minimum absolute atomic E-state index is 0.141. The minimum atomic E-state index is -0.287. The Morgan fingerprint density at radius 3 is 2.15 bits per heavy atom. The second-order valence-corrected chi connectivity index (χ2v) is 5.24. The number of urea groups is 1. The largest absolute Gasteiger partial charge is 0.483 e. The number of carboxylic acid groups (broad SMARTS) is 1. The number of nitrogens with zero attached hydrogens (tertiary/aromatic N) is 1. The standard InChI is InChI=1S/C13H21N3O.CH2O2/c1-13(2,3)11-7-5-10(6-8-11)9-16(14)12(17)15-4;2-1-3/h5-8H,9,14H2,1-4H3,(H,15,17);1H,(H,2,3). The van der Waals surface area contributed by atoms with E-state index in [9.17, 15) is 4.79 Å². The first kappa shape index (κ1) is 17.9. The number of nitrogens with two attached hydrogens (primary N) is 1. The fourth-order valence-corrected chi connectivity index (χ4v) is 1.52. The molecule has 0 heterocycles. The van der Waals surface area contributed by atoms with Crippen LogP contribution in [0, 0.1) is 0 Å². The van der Waals surface area contributed by atoms with E-state index in [1.165, 1.54) is 5.56 Å². The quantitative estimate of drug-likeness (QED) is 0.333. The van der Waals surface area contributed by atoms with E-state index < -0.39 is 0 Å². The monoisotopic (exact) mass is 281 g/mol. The van der Waals surface area contributed by atoms with Crippen LogP contribution in [-0.4, -0.2) is 29.7 Å². The fraction of sp³-hybridized carbons (Fsp3) is 0.429. The Morgan fingerprint density at radius 2 is 1.80 bits per heavy atom. The molecular weight excluding hydrogens is 258 g/mol. The van der Waals surface area contributed by atoms with Crippen molar-refractivity contribution in [3.63, 3.8) is 0 Å². The van der Waals surface area contributed by atoms with E-state index in [0.29, 0.717) is 6.54 Å². The van der Waals surface area contributed by atoms with Crippen molar-refractivity contribution in [3.05, 3.63) is 35.4 Å². The molecule has 20 heavy (non-hydrogen) atoms. The molecule has 0 aliphatic rings. The maximum atomic E-state index is 11.2. The maximum absolute atomic E-state index is 11.2. The van der Waals surface area contributed by atoms with Gasteiger partial charge in [-0.1, -0.05) is 45.0 Å². The SMILES string of the molecule is CNC(=O)N(N)Cc1ccc(C(C)(C)C)cc1.O=CO. The molecule has 6 heteroatoms. The van der Waals surface area contributed by atoms with Gasteiger partial charge in [0, 0.05) is 7.05 Å². The lowest BCUT2D eigenvalue weighted by Gasteiger charge is -2.20. The molecule has 0 bridgehead atoms. The zero-order valence-corrected chi connectivity index (χ0v) is 12.4. The summed E-state index contributed by atoms with van der Waals surface area (Å²) < 4.78 is 0. The lowest BCUT2D eigenvalue weighted by molar-refractivity contribution is -0.122. The van der Waals surface area contributed by atoms with Crippen molar-refractivity contribution >= 4 is 12.5 Å². The van der Waals surface area contributed by atoms with Crippen LogP contribution < -0.4 is 11.2 Å². The van der Waals surface area contributed by atoms with Gasteiger partial charge in [-0.25, -0.2) is 10.6 Å². The van der Waals surface area contributed by atoms with Gasteiger partial charge >= 0.3 is 6.03 Å². The molecule has 0 aliphatic heterocycles. The summed E-state index contributed by atoms with van der Waals surface area (Å²) in [6.07, 6.45) is 0. The molecule has 0 atom stereocenters. The predicted octanol–water partition coefficient (Wildman–Crippen LogP) is 1.70. The highest BCUT2D eigenvalue weighted by Crippen LogP contribution is 2.22. The molecule has 0 radical (unpaired) electrons. The highest BCUT2D eigenvalue weighted by molar-refractivity contribution is 5.73. The number of amides is 2. The molecule has 0 aromatic heterocycles. The Morgan fingerprint density at radius 1 is 1.35 bits per heavy atom. The Kier molecular flexibility index (Phi) is 7.31. The van der Waals surface area contributed by atoms with Crippen molar-refractivity contribution < 1.29 is 14.7 Å². The van der Waals surface area contributed by atoms with Gasteiger partial charge in [-0.3, -0.25) is 9.80 Å². The van der Waals surface area contributed by atoms with Gasteiger partial charge in [0.25, 0.3) is 6.47 Å². The molecule has 2 amide bonds. The van der Waals surface area contributed by atoms with Crippen molar-refractivity contribution in [1.29, 1.82) is 0 Å². The molecule has 0 saturated heterocycles. The van der Waals surface area contributed by atoms with Gasteiger partial charge in [0.2, 0.25) is 0 Å². The summed E-state index contributed by atoms with van der Waals surface area (Å²) in [5, 5.41) is 10.5. The molecule has 1 aromatic rings. The number of benzene rings is 1. The third-order valence-corrected chi connectivity index (χ3v) is 2.65. The highest BCUT2D eigenvalue weighted by atomic mass is 16.3. The predicted molar refractivity (Wildman–Crippen MR) is 78.0 cm³/mol. The first-order valence-corrected chi connectivity index (χ1v) is 6.17. The van der Waals surface area contributed by atoms with Crippen LogP contribution in [0.3, 0.4) is 0 Å². The minimum Gasteiger partial charge on any atom is -0.483 e. The van der Waals surface area contributed by atoms with Gasteiger partial charge < -0.3 is 10.4 Å². The number of carbonyl (C=O) groups excluding carboxylic acids is 1. The van der Waals surface area contributed by atoms with E-state index in [-0.39, 0.29) is 17.9 Å². The van der Waals surface area contributed by atoms with Crippen molar-refractivity contribution in [2.75, 3.05) is 7.05 Å². The number of hydrogen-bond donors (Lipinski definition) is 3. The Labute approximate surface area is 119 Å². The number of hydrogen-bond acceptors (Lipinski definition) is 3. The molecule has 1 aromatic carbocycles. The average molecular weight is 281 g/mol. The molecule has 0 aliphatic carbocycles. The molecule has 0 spiro atoms. The second-order valence-electron chi connectivity index (χ2n) is 5.24. The fourth-order valence-electron chi connectivity index (χ4n) is 1.52. The highest BCUT2D eigenvalue weighted by Gasteiger charge is 2.13. The van der Waals surface area contributed by atoms with Gasteiger partial charge in [0.1, 0.15) is 0 Å². The first-order chi connectivity index (χ1) is 9.26. The summed E-state index contributed by atoms with van der Waals surface area (Å²) in [5.41, 5.74) is 2.43. The van der Waals surface area contributed by atoms with Crippen LogP contribution in [0.25, 0.3) is 0 Å². The van der Waals surface area contributed by atoms with E-state index in [1.807, 2.05) is 12.1 Å². The van der Waals surface area contributed by atoms with Gasteiger partial charge in [-0.05, 0) is 16.5 Å². The first-order valence-electron chi connectivity index (χ1n) is 6.17. The van der Waals surface area contributed by atoms with Gasteiger partial charge in [-0.2, -0.15) is 0 Å². The Hall–Kier alpha value is -2.08. The lowest BCUT2D eigenvalue weighted by atomic mass is 9.87. The van der Waals surface area contributed by atoms with Crippen LogP contribution in [0.5, 0.6) is 0 Å². The zero-order valence-electron chi connectivity index (χ0n) is 12.4. The topological polar surface area (TPSA) is 95.7 Å². The van der Waals surface area contributed by atoms with E-state index in [2.05, 4.69) is 38.2 Å².